The van der Waals surface area contributed by atoms with Gasteiger partial charge in [0.05, 0.1) is 17.2 Å². The molecule has 2 aromatic rings. The summed E-state index contributed by atoms with van der Waals surface area (Å²) in [6.45, 7) is 4.23. The molecule has 0 saturated heterocycles. The maximum Gasteiger partial charge on any atom is 0.292 e. The van der Waals surface area contributed by atoms with Crippen molar-refractivity contribution in [2.24, 2.45) is 0 Å². The molecule has 1 N–H and O–H groups in total. The predicted octanol–water partition coefficient (Wildman–Crippen LogP) is 4.28. The second-order valence-electron chi connectivity index (χ2n) is 4.87. The van der Waals surface area contributed by atoms with Crippen LogP contribution in [0.4, 0.5) is 11.4 Å². The number of aryl methyl sites for hydroxylation is 2. The summed E-state index contributed by atoms with van der Waals surface area (Å²) in [4.78, 5) is 10.8. The Hall–Kier alpha value is -1.95. The lowest BCUT2D eigenvalue weighted by atomic mass is 10.1. The first-order chi connectivity index (χ1) is 10.0. The van der Waals surface area contributed by atoms with E-state index in [0.29, 0.717) is 12.2 Å². The van der Waals surface area contributed by atoms with Crippen molar-refractivity contribution in [1.29, 1.82) is 0 Å². The number of furan rings is 1. The van der Waals surface area contributed by atoms with E-state index < -0.39 is 0 Å². The quantitative estimate of drug-likeness (QED) is 0.637. The monoisotopic (exact) mass is 306 g/mol. The minimum absolute atomic E-state index is 0.0917. The van der Waals surface area contributed by atoms with Crippen molar-refractivity contribution in [3.05, 3.63) is 57.0 Å². The fraction of sp³-hybridized carbons (Fsp3) is 0.333. The molecule has 0 aliphatic rings. The first-order valence-corrected chi connectivity index (χ1v) is 7.96. The zero-order valence-electron chi connectivity index (χ0n) is 12.3. The van der Waals surface area contributed by atoms with Crippen molar-refractivity contribution in [2.45, 2.75) is 26.1 Å². The van der Waals surface area contributed by atoms with Crippen LogP contribution in [-0.2, 0) is 12.3 Å². The summed E-state index contributed by atoms with van der Waals surface area (Å²) in [5, 5.41) is 14.2. The zero-order chi connectivity index (χ0) is 15.4. The van der Waals surface area contributed by atoms with E-state index in [9.17, 15) is 10.1 Å². The van der Waals surface area contributed by atoms with Crippen LogP contribution < -0.4 is 5.32 Å². The van der Waals surface area contributed by atoms with Crippen LogP contribution in [0.2, 0.25) is 0 Å². The molecule has 0 unspecified atom stereocenters. The molecule has 0 saturated carbocycles. The molecule has 1 aromatic carbocycles. The molecule has 0 radical (unpaired) electrons. The molecule has 6 heteroatoms. The first kappa shape index (κ1) is 15.4. The molecule has 21 heavy (non-hydrogen) atoms. The predicted molar refractivity (Wildman–Crippen MR) is 85.8 cm³/mol. The number of anilines is 1. The van der Waals surface area contributed by atoms with Gasteiger partial charge in [-0.1, -0.05) is 0 Å². The van der Waals surface area contributed by atoms with Crippen molar-refractivity contribution in [3.8, 4) is 0 Å². The topological polar surface area (TPSA) is 68.3 Å². The maximum absolute atomic E-state index is 11.1. The van der Waals surface area contributed by atoms with Crippen LogP contribution >= 0.6 is 11.8 Å². The normalized spacial score (nSPS) is 10.6. The summed E-state index contributed by atoms with van der Waals surface area (Å²) in [5.41, 5.74) is 2.54. The molecule has 112 valence electrons. The smallest absolute Gasteiger partial charge is 0.292 e. The summed E-state index contributed by atoms with van der Waals surface area (Å²) >= 11 is 1.69. The highest BCUT2D eigenvalue weighted by molar-refractivity contribution is 7.97. The Kier molecular flexibility index (Phi) is 4.90. The van der Waals surface area contributed by atoms with Gasteiger partial charge in [-0.15, -0.1) is 0 Å². The molecule has 1 heterocycles. The highest BCUT2D eigenvalue weighted by atomic mass is 32.2. The summed E-state index contributed by atoms with van der Waals surface area (Å²) < 4.78 is 5.65. The van der Waals surface area contributed by atoms with Crippen LogP contribution in [0, 0.1) is 24.0 Å². The Morgan fingerprint density at radius 1 is 1.24 bits per heavy atom. The molecule has 0 bridgehead atoms. The van der Waals surface area contributed by atoms with E-state index in [1.165, 1.54) is 0 Å². The second-order valence-corrected chi connectivity index (χ2v) is 5.73. The maximum atomic E-state index is 11.1. The standard InChI is InChI=1S/C15H18N2O3S/c1-10-6-14(15(17(18)19)7-11(10)2)16-8-12-4-5-13(20-12)9-21-3/h4-7,16H,8-9H2,1-3H3. The average molecular weight is 306 g/mol. The van der Waals surface area contributed by atoms with Gasteiger partial charge < -0.3 is 9.73 Å². The molecule has 0 fully saturated rings. The molecule has 0 aliphatic heterocycles. The highest BCUT2D eigenvalue weighted by Crippen LogP contribution is 2.28. The van der Waals surface area contributed by atoms with Crippen molar-refractivity contribution in [1.82, 2.24) is 0 Å². The third-order valence-electron chi connectivity index (χ3n) is 3.27. The van der Waals surface area contributed by atoms with Crippen LogP contribution in [0.25, 0.3) is 0 Å². The van der Waals surface area contributed by atoms with Gasteiger partial charge in [0.15, 0.2) is 0 Å². The highest BCUT2D eigenvalue weighted by Gasteiger charge is 2.15. The summed E-state index contributed by atoms with van der Waals surface area (Å²) in [7, 11) is 0. The van der Waals surface area contributed by atoms with Crippen LogP contribution in [0.15, 0.2) is 28.7 Å². The van der Waals surface area contributed by atoms with Gasteiger partial charge in [0.25, 0.3) is 5.69 Å². The number of hydrogen-bond acceptors (Lipinski definition) is 5. The molecule has 1 aromatic heterocycles. The number of nitro groups is 1. The van der Waals surface area contributed by atoms with Gasteiger partial charge in [-0.25, -0.2) is 0 Å². The van der Waals surface area contributed by atoms with E-state index in [0.717, 1.165) is 28.4 Å². The third kappa shape index (κ3) is 3.78. The zero-order valence-corrected chi connectivity index (χ0v) is 13.1. The molecule has 0 atom stereocenters. The molecule has 0 spiro atoms. The lowest BCUT2D eigenvalue weighted by Crippen LogP contribution is -2.03. The van der Waals surface area contributed by atoms with Gasteiger partial charge in [-0.05, 0) is 49.4 Å². The Balaban J connectivity index is 2.15. The van der Waals surface area contributed by atoms with E-state index in [1.807, 2.05) is 32.2 Å². The van der Waals surface area contributed by atoms with Crippen molar-refractivity contribution >= 4 is 23.1 Å². The third-order valence-corrected chi connectivity index (χ3v) is 3.84. The van der Waals surface area contributed by atoms with E-state index in [2.05, 4.69) is 5.32 Å². The second kappa shape index (κ2) is 6.67. The largest absolute Gasteiger partial charge is 0.463 e. The molecular weight excluding hydrogens is 288 g/mol. The Morgan fingerprint density at radius 3 is 2.57 bits per heavy atom. The Bertz CT molecular complexity index is 652. The first-order valence-electron chi connectivity index (χ1n) is 6.57. The van der Waals surface area contributed by atoms with Gasteiger partial charge in [0.2, 0.25) is 0 Å². The van der Waals surface area contributed by atoms with Crippen LogP contribution in [0.5, 0.6) is 0 Å². The summed E-state index contributed by atoms with van der Waals surface area (Å²) in [6, 6.07) is 7.23. The van der Waals surface area contributed by atoms with Crippen molar-refractivity contribution in [3.63, 3.8) is 0 Å². The van der Waals surface area contributed by atoms with Gasteiger partial charge >= 0.3 is 0 Å². The van der Waals surface area contributed by atoms with Crippen LogP contribution in [0.1, 0.15) is 22.6 Å². The van der Waals surface area contributed by atoms with E-state index in [-0.39, 0.29) is 10.6 Å². The van der Waals surface area contributed by atoms with Gasteiger partial charge in [-0.2, -0.15) is 11.8 Å². The average Bonchev–Trinajstić information content (AvgIpc) is 2.87. The minimum atomic E-state index is -0.365. The summed E-state index contributed by atoms with van der Waals surface area (Å²) in [5.74, 6) is 2.50. The van der Waals surface area contributed by atoms with E-state index in [4.69, 9.17) is 4.42 Å². The molecule has 2 rings (SSSR count). The van der Waals surface area contributed by atoms with Gasteiger partial charge in [-0.3, -0.25) is 10.1 Å². The number of nitrogens with zero attached hydrogens (tertiary/aromatic N) is 1. The number of rotatable bonds is 6. The summed E-state index contributed by atoms with van der Waals surface area (Å²) in [6.07, 6.45) is 2.01. The Labute approximate surface area is 127 Å². The van der Waals surface area contributed by atoms with E-state index >= 15 is 0 Å². The lowest BCUT2D eigenvalue weighted by Gasteiger charge is -2.08. The fourth-order valence-corrected chi connectivity index (χ4v) is 2.45. The Morgan fingerprint density at radius 2 is 1.90 bits per heavy atom. The fourth-order valence-electron chi connectivity index (χ4n) is 2.01. The van der Waals surface area contributed by atoms with E-state index in [1.54, 1.807) is 23.9 Å². The van der Waals surface area contributed by atoms with Crippen LogP contribution in [-0.4, -0.2) is 11.2 Å². The van der Waals surface area contributed by atoms with Gasteiger partial charge in [0.1, 0.15) is 17.2 Å². The van der Waals surface area contributed by atoms with Crippen molar-refractivity contribution in [2.75, 3.05) is 11.6 Å². The SMILES string of the molecule is CSCc1ccc(CNc2cc(C)c(C)cc2[N+](=O)[O-])o1. The van der Waals surface area contributed by atoms with Crippen LogP contribution in [0.3, 0.4) is 0 Å². The number of thioether (sulfide) groups is 1. The number of hydrogen-bond donors (Lipinski definition) is 1. The number of nitrogens with one attached hydrogen (secondary N) is 1. The number of benzene rings is 1. The minimum Gasteiger partial charge on any atom is -0.463 e. The number of nitro benzene ring substituents is 1. The molecule has 5 nitrogen and oxygen atoms in total. The molecular formula is C15H18N2O3S. The lowest BCUT2D eigenvalue weighted by molar-refractivity contribution is -0.384. The molecule has 0 aliphatic carbocycles. The van der Waals surface area contributed by atoms with Gasteiger partial charge in [0, 0.05) is 6.07 Å². The van der Waals surface area contributed by atoms with Crippen molar-refractivity contribution < 1.29 is 9.34 Å². The molecule has 0 amide bonds.